The molecule has 218 valence electrons. The summed E-state index contributed by atoms with van der Waals surface area (Å²) in [6, 6.07) is 12.9. The lowest BCUT2D eigenvalue weighted by atomic mass is 9.92. The summed E-state index contributed by atoms with van der Waals surface area (Å²) < 4.78 is 8.58. The van der Waals surface area contributed by atoms with Crippen LogP contribution in [0, 0.1) is 17.2 Å². The largest absolute Gasteiger partial charge is 0.444 e. The van der Waals surface area contributed by atoms with Crippen molar-refractivity contribution in [1.82, 2.24) is 29.8 Å². The number of fused-ring (bicyclic) bond motifs is 1. The Labute approximate surface area is 244 Å². The van der Waals surface area contributed by atoms with Crippen molar-refractivity contribution in [2.24, 2.45) is 5.92 Å². The van der Waals surface area contributed by atoms with Crippen molar-refractivity contribution < 1.29 is 19.2 Å². The molecule has 2 atom stereocenters. The molecule has 42 heavy (non-hydrogen) atoms. The Bertz CT molecular complexity index is 1610. The standard InChI is InChI=1S/C31H35N7O4/c1-30(2,3)41-29(40)36-31(4,23-12-6-5-7-13-23)28(39)42-38-17-15-24-26(33-20-34-27(24)38)22-18-35-37(19-22)25(14-16-32)21-10-8-9-11-21/h5-7,12-13,15,17-21,25H,8-11,14H2,1-4H3,(H,36,40). The number of nitrogens with one attached hydrogen (secondary N) is 1. The third kappa shape index (κ3) is 5.98. The average molecular weight is 570 g/mol. The molecular weight excluding hydrogens is 534 g/mol. The van der Waals surface area contributed by atoms with Gasteiger partial charge in [-0.05, 0) is 58.1 Å². The minimum atomic E-state index is -1.56. The molecule has 0 spiro atoms. The molecule has 1 aliphatic rings. The van der Waals surface area contributed by atoms with Crippen molar-refractivity contribution >= 4 is 23.1 Å². The minimum absolute atomic E-state index is 0.0160. The third-order valence-corrected chi connectivity index (χ3v) is 7.60. The lowest BCUT2D eigenvalue weighted by Gasteiger charge is -2.30. The van der Waals surface area contributed by atoms with Gasteiger partial charge in [-0.25, -0.2) is 19.6 Å². The summed E-state index contributed by atoms with van der Waals surface area (Å²) in [5.41, 5.74) is -0.0243. The van der Waals surface area contributed by atoms with Crippen LogP contribution in [0.2, 0.25) is 0 Å². The van der Waals surface area contributed by atoms with Crippen molar-refractivity contribution in [3.05, 3.63) is 66.9 Å². The first-order valence-corrected chi connectivity index (χ1v) is 14.1. The number of nitrogens with zero attached hydrogens (tertiary/aromatic N) is 6. The second-order valence-electron chi connectivity index (χ2n) is 11.8. The van der Waals surface area contributed by atoms with Gasteiger partial charge in [0.25, 0.3) is 0 Å². The van der Waals surface area contributed by atoms with Gasteiger partial charge in [0, 0.05) is 23.3 Å². The van der Waals surface area contributed by atoms with Gasteiger partial charge in [-0.3, -0.25) is 4.68 Å². The second kappa shape index (κ2) is 11.6. The molecule has 0 aliphatic heterocycles. The molecule has 3 heterocycles. The van der Waals surface area contributed by atoms with Crippen LogP contribution in [0.5, 0.6) is 0 Å². The van der Waals surface area contributed by atoms with Crippen LogP contribution in [0.15, 0.2) is 61.3 Å². The first-order chi connectivity index (χ1) is 20.1. The van der Waals surface area contributed by atoms with Gasteiger partial charge in [0.15, 0.2) is 11.2 Å². The molecule has 0 radical (unpaired) electrons. The van der Waals surface area contributed by atoms with Gasteiger partial charge in [0.1, 0.15) is 11.9 Å². The van der Waals surface area contributed by atoms with Crippen LogP contribution in [0.4, 0.5) is 4.79 Å². The normalized spacial score (nSPS) is 16.0. The number of nitriles is 1. The molecule has 2 unspecified atom stereocenters. The van der Waals surface area contributed by atoms with Crippen LogP contribution < -0.4 is 10.2 Å². The fourth-order valence-electron chi connectivity index (χ4n) is 5.49. The quantitative estimate of drug-likeness (QED) is 0.300. The highest BCUT2D eigenvalue weighted by Crippen LogP contribution is 2.37. The molecule has 1 fully saturated rings. The predicted octanol–water partition coefficient (Wildman–Crippen LogP) is 5.34. The third-order valence-electron chi connectivity index (χ3n) is 7.60. The molecule has 1 saturated carbocycles. The van der Waals surface area contributed by atoms with E-state index in [2.05, 4.69) is 26.5 Å². The fourth-order valence-corrected chi connectivity index (χ4v) is 5.49. The lowest BCUT2D eigenvalue weighted by molar-refractivity contribution is -0.151. The Kier molecular flexibility index (Phi) is 7.98. The number of ether oxygens (including phenoxy) is 1. The van der Waals surface area contributed by atoms with Crippen LogP contribution in [0.3, 0.4) is 0 Å². The number of alkyl carbamates (subject to hydrolysis) is 1. The SMILES string of the molecule is CC(C)(C)OC(=O)NC(C)(C(=O)On1ccc2c(-c3cnn(C(CC#N)C4CCCC4)c3)ncnc21)c1ccccc1. The number of amides is 1. The van der Waals surface area contributed by atoms with Gasteiger partial charge in [-0.15, -0.1) is 0 Å². The highest BCUT2D eigenvalue weighted by Gasteiger charge is 2.41. The van der Waals surface area contributed by atoms with E-state index in [0.29, 0.717) is 34.6 Å². The summed E-state index contributed by atoms with van der Waals surface area (Å²) in [7, 11) is 0. The number of rotatable bonds is 8. The van der Waals surface area contributed by atoms with Crippen LogP contribution >= 0.6 is 0 Å². The molecule has 1 aromatic carbocycles. The zero-order valence-electron chi connectivity index (χ0n) is 24.3. The molecule has 0 saturated heterocycles. The fraction of sp³-hybridized carbons (Fsp3) is 0.419. The van der Waals surface area contributed by atoms with E-state index < -0.39 is 23.2 Å². The smallest absolute Gasteiger partial charge is 0.408 e. The van der Waals surface area contributed by atoms with Crippen LogP contribution in [-0.4, -0.2) is 42.1 Å². The molecule has 0 bridgehead atoms. The monoisotopic (exact) mass is 569 g/mol. The summed E-state index contributed by atoms with van der Waals surface area (Å²) in [4.78, 5) is 41.1. The Morgan fingerprint density at radius 3 is 2.55 bits per heavy atom. The molecule has 3 aromatic heterocycles. The maximum atomic E-state index is 13.7. The van der Waals surface area contributed by atoms with E-state index >= 15 is 0 Å². The van der Waals surface area contributed by atoms with Gasteiger partial charge in [0.05, 0.1) is 30.4 Å². The van der Waals surface area contributed by atoms with E-state index in [1.54, 1.807) is 70.4 Å². The Hall–Kier alpha value is -4.72. The van der Waals surface area contributed by atoms with E-state index in [-0.39, 0.29) is 6.04 Å². The van der Waals surface area contributed by atoms with Crippen LogP contribution in [0.1, 0.15) is 71.4 Å². The van der Waals surface area contributed by atoms with E-state index in [9.17, 15) is 14.9 Å². The molecule has 1 amide bonds. The number of hydrogen-bond donors (Lipinski definition) is 1. The first kappa shape index (κ1) is 28.8. The Morgan fingerprint density at radius 2 is 1.86 bits per heavy atom. The van der Waals surface area contributed by atoms with Gasteiger partial charge < -0.3 is 14.9 Å². The number of hydrogen-bond acceptors (Lipinski definition) is 8. The second-order valence-corrected chi connectivity index (χ2v) is 11.8. The summed E-state index contributed by atoms with van der Waals surface area (Å²) in [6.07, 6.45) is 10.8. The van der Waals surface area contributed by atoms with E-state index in [1.165, 1.54) is 23.9 Å². The summed E-state index contributed by atoms with van der Waals surface area (Å²) >= 11 is 0. The van der Waals surface area contributed by atoms with Crippen LogP contribution in [0.25, 0.3) is 22.3 Å². The Morgan fingerprint density at radius 1 is 1.12 bits per heavy atom. The maximum Gasteiger partial charge on any atom is 0.408 e. The van der Waals surface area contributed by atoms with Gasteiger partial charge in [0.2, 0.25) is 0 Å². The zero-order valence-corrected chi connectivity index (χ0v) is 24.3. The highest BCUT2D eigenvalue weighted by atomic mass is 16.7. The summed E-state index contributed by atoms with van der Waals surface area (Å²) in [5, 5.41) is 17.4. The average Bonchev–Trinajstić information content (AvgIpc) is 3.73. The van der Waals surface area contributed by atoms with Crippen molar-refractivity contribution in [1.29, 1.82) is 5.26 Å². The summed E-state index contributed by atoms with van der Waals surface area (Å²) in [5.74, 6) is -0.308. The van der Waals surface area contributed by atoms with Crippen molar-refractivity contribution in [3.8, 4) is 17.3 Å². The predicted molar refractivity (Wildman–Crippen MR) is 155 cm³/mol. The van der Waals surface area contributed by atoms with E-state index in [1.807, 2.05) is 16.9 Å². The number of aromatic nitrogens is 5. The van der Waals surface area contributed by atoms with Gasteiger partial charge in [-0.2, -0.15) is 15.1 Å². The highest BCUT2D eigenvalue weighted by molar-refractivity contribution is 5.91. The van der Waals surface area contributed by atoms with Crippen molar-refractivity contribution in [3.63, 3.8) is 0 Å². The minimum Gasteiger partial charge on any atom is -0.444 e. The number of carbonyl (C=O) groups excluding carboxylic acids is 2. The Balaban J connectivity index is 1.43. The molecule has 11 heteroatoms. The van der Waals surface area contributed by atoms with Crippen LogP contribution in [-0.2, 0) is 15.1 Å². The topological polar surface area (TPSA) is 137 Å². The zero-order chi connectivity index (χ0) is 29.9. The molecule has 1 N–H and O–H groups in total. The number of carbonyl (C=O) groups is 2. The molecule has 5 rings (SSSR count). The van der Waals surface area contributed by atoms with Crippen molar-refractivity contribution in [2.75, 3.05) is 0 Å². The molecule has 11 nitrogen and oxygen atoms in total. The maximum absolute atomic E-state index is 13.7. The number of benzene rings is 1. The van der Waals surface area contributed by atoms with Gasteiger partial charge >= 0.3 is 12.1 Å². The van der Waals surface area contributed by atoms with E-state index in [4.69, 9.17) is 9.57 Å². The first-order valence-electron chi connectivity index (χ1n) is 14.1. The van der Waals surface area contributed by atoms with Crippen molar-refractivity contribution in [2.45, 2.75) is 77.0 Å². The summed E-state index contributed by atoms with van der Waals surface area (Å²) in [6.45, 7) is 6.81. The molecular formula is C31H35N7O4. The molecule has 4 aromatic rings. The van der Waals surface area contributed by atoms with E-state index in [0.717, 1.165) is 18.4 Å². The lowest BCUT2D eigenvalue weighted by Crippen LogP contribution is -2.53. The molecule has 1 aliphatic carbocycles. The van der Waals surface area contributed by atoms with Gasteiger partial charge in [-0.1, -0.05) is 43.2 Å².